The maximum Gasteiger partial charge on any atom is 0.243 e. The van der Waals surface area contributed by atoms with Gasteiger partial charge in [-0.15, -0.1) is 0 Å². The molecule has 0 aromatic heterocycles. The minimum absolute atomic E-state index is 0.0290. The fourth-order valence-corrected chi connectivity index (χ4v) is 2.78. The molecule has 1 aromatic rings. The van der Waals surface area contributed by atoms with Gasteiger partial charge in [0.2, 0.25) is 10.0 Å². The van der Waals surface area contributed by atoms with Crippen LogP contribution >= 0.6 is 11.6 Å². The first-order valence-corrected chi connectivity index (χ1v) is 7.35. The first kappa shape index (κ1) is 16.3. The lowest BCUT2D eigenvalue weighted by atomic mass is 10.3. The number of ether oxygens (including phenoxy) is 1. The summed E-state index contributed by atoms with van der Waals surface area (Å²) in [5.74, 6) is -0.992. The van der Waals surface area contributed by atoms with Crippen molar-refractivity contribution in [3.63, 3.8) is 0 Å². The number of aliphatic hydroxyl groups is 1. The Hall–Kier alpha value is -0.730. The summed E-state index contributed by atoms with van der Waals surface area (Å²) >= 11 is 5.52. The molecule has 8 heteroatoms. The topological polar surface area (TPSA) is 75.6 Å². The second-order valence-electron chi connectivity index (χ2n) is 3.85. The van der Waals surface area contributed by atoms with Crippen LogP contribution in [0.1, 0.15) is 6.42 Å². The predicted molar refractivity (Wildman–Crippen MR) is 69.1 cm³/mol. The highest BCUT2D eigenvalue weighted by molar-refractivity contribution is 7.89. The standard InChI is InChI=1S/C11H15ClFNO4S/c1-18-7-8(15)5-6-14-19(16,17)10-4-2-3-9(12)11(10)13/h2-4,8,14-15H,5-7H2,1H3. The molecular formula is C11H15ClFNO4S. The molecule has 0 bridgehead atoms. The van der Waals surface area contributed by atoms with E-state index in [2.05, 4.69) is 4.72 Å². The Morgan fingerprint density at radius 3 is 2.84 bits per heavy atom. The summed E-state index contributed by atoms with van der Waals surface area (Å²) < 4.78 is 44.1. The first-order valence-electron chi connectivity index (χ1n) is 5.49. The summed E-state index contributed by atoms with van der Waals surface area (Å²) in [5.41, 5.74) is 0. The lowest BCUT2D eigenvalue weighted by Gasteiger charge is -2.11. The normalized spacial score (nSPS) is 13.5. The molecule has 0 spiro atoms. The van der Waals surface area contributed by atoms with Crippen LogP contribution in [0.3, 0.4) is 0 Å². The second-order valence-corrected chi connectivity index (χ2v) is 5.99. The van der Waals surface area contributed by atoms with Gasteiger partial charge in [-0.05, 0) is 18.6 Å². The maximum absolute atomic E-state index is 13.6. The van der Waals surface area contributed by atoms with Crippen molar-refractivity contribution in [1.82, 2.24) is 4.72 Å². The SMILES string of the molecule is COCC(O)CCNS(=O)(=O)c1cccc(Cl)c1F. The molecule has 1 rings (SSSR count). The number of aliphatic hydroxyl groups excluding tert-OH is 1. The molecule has 0 saturated carbocycles. The third kappa shape index (κ3) is 4.70. The molecule has 1 unspecified atom stereocenters. The molecule has 0 aliphatic carbocycles. The van der Waals surface area contributed by atoms with E-state index in [1.807, 2.05) is 0 Å². The highest BCUT2D eigenvalue weighted by Crippen LogP contribution is 2.21. The van der Waals surface area contributed by atoms with Crippen LogP contribution in [0.5, 0.6) is 0 Å². The largest absolute Gasteiger partial charge is 0.391 e. The van der Waals surface area contributed by atoms with Crippen LogP contribution in [0.25, 0.3) is 0 Å². The van der Waals surface area contributed by atoms with Gasteiger partial charge in [0, 0.05) is 13.7 Å². The third-order valence-corrected chi connectivity index (χ3v) is 4.10. The molecule has 5 nitrogen and oxygen atoms in total. The van der Waals surface area contributed by atoms with Gasteiger partial charge < -0.3 is 9.84 Å². The average molecular weight is 312 g/mol. The van der Waals surface area contributed by atoms with E-state index in [4.69, 9.17) is 16.3 Å². The highest BCUT2D eigenvalue weighted by atomic mass is 35.5. The molecule has 0 aliphatic rings. The Kier molecular flexibility index (Phi) is 6.15. The van der Waals surface area contributed by atoms with Crippen molar-refractivity contribution in [2.24, 2.45) is 0 Å². The van der Waals surface area contributed by atoms with Gasteiger partial charge in [0.25, 0.3) is 0 Å². The predicted octanol–water partition coefficient (Wildman–Crippen LogP) is 1.15. The van der Waals surface area contributed by atoms with Crippen LogP contribution in [0, 0.1) is 5.82 Å². The van der Waals surface area contributed by atoms with E-state index in [1.54, 1.807) is 0 Å². The minimum atomic E-state index is -3.99. The molecule has 0 heterocycles. The van der Waals surface area contributed by atoms with Crippen molar-refractivity contribution in [2.75, 3.05) is 20.3 Å². The van der Waals surface area contributed by atoms with Crippen molar-refractivity contribution < 1.29 is 22.7 Å². The molecule has 2 N–H and O–H groups in total. The summed E-state index contributed by atoms with van der Waals surface area (Å²) in [6.45, 7) is 0.0755. The number of hydrogen-bond donors (Lipinski definition) is 2. The number of halogens is 2. The van der Waals surface area contributed by atoms with Gasteiger partial charge in [-0.1, -0.05) is 17.7 Å². The minimum Gasteiger partial charge on any atom is -0.391 e. The van der Waals surface area contributed by atoms with Crippen molar-refractivity contribution in [2.45, 2.75) is 17.4 Å². The lowest BCUT2D eigenvalue weighted by molar-refractivity contribution is 0.0603. The quantitative estimate of drug-likeness (QED) is 0.792. The van der Waals surface area contributed by atoms with Gasteiger partial charge in [0.15, 0.2) is 5.82 Å². The number of sulfonamides is 1. The average Bonchev–Trinajstić information content (AvgIpc) is 2.32. The fourth-order valence-electron chi connectivity index (χ4n) is 1.40. The van der Waals surface area contributed by atoms with E-state index in [-0.39, 0.29) is 24.6 Å². The van der Waals surface area contributed by atoms with Gasteiger partial charge in [-0.2, -0.15) is 0 Å². The molecule has 108 valence electrons. The molecular weight excluding hydrogens is 297 g/mol. The van der Waals surface area contributed by atoms with Crippen LogP contribution < -0.4 is 4.72 Å². The molecule has 0 aliphatic heterocycles. The smallest absolute Gasteiger partial charge is 0.243 e. The van der Waals surface area contributed by atoms with Crippen LogP contribution in [0.15, 0.2) is 23.1 Å². The van der Waals surface area contributed by atoms with Gasteiger partial charge in [0.1, 0.15) is 4.90 Å². The maximum atomic E-state index is 13.6. The molecule has 1 atom stereocenters. The Labute approximate surface area is 116 Å². The van der Waals surface area contributed by atoms with E-state index in [0.717, 1.165) is 6.07 Å². The summed E-state index contributed by atoms with van der Waals surface area (Å²) in [6.07, 6.45) is -0.619. The van der Waals surface area contributed by atoms with Gasteiger partial charge in [0.05, 0.1) is 17.7 Å². The first-order chi connectivity index (χ1) is 8.88. The second kappa shape index (κ2) is 7.16. The van der Waals surface area contributed by atoms with E-state index in [9.17, 15) is 17.9 Å². The van der Waals surface area contributed by atoms with E-state index < -0.39 is 26.8 Å². The van der Waals surface area contributed by atoms with Crippen LogP contribution in [-0.2, 0) is 14.8 Å². The summed E-state index contributed by atoms with van der Waals surface area (Å²) in [4.78, 5) is -0.513. The number of methoxy groups -OCH3 is 1. The van der Waals surface area contributed by atoms with Gasteiger partial charge in [-0.3, -0.25) is 0 Å². The monoisotopic (exact) mass is 311 g/mol. The zero-order chi connectivity index (χ0) is 14.5. The molecule has 0 amide bonds. The molecule has 0 saturated heterocycles. The Bertz CT molecular complexity index is 523. The zero-order valence-corrected chi connectivity index (χ0v) is 11.8. The van der Waals surface area contributed by atoms with Crippen molar-refractivity contribution >= 4 is 21.6 Å². The Balaban J connectivity index is 2.69. The molecule has 0 fully saturated rings. The van der Waals surface area contributed by atoms with E-state index in [1.165, 1.54) is 19.2 Å². The molecule has 0 radical (unpaired) electrons. The number of rotatable bonds is 7. The number of nitrogens with one attached hydrogen (secondary N) is 1. The zero-order valence-electron chi connectivity index (χ0n) is 10.3. The van der Waals surface area contributed by atoms with Gasteiger partial charge in [-0.25, -0.2) is 17.5 Å². The van der Waals surface area contributed by atoms with Crippen molar-refractivity contribution in [3.05, 3.63) is 29.0 Å². The van der Waals surface area contributed by atoms with Crippen molar-refractivity contribution in [1.29, 1.82) is 0 Å². The highest BCUT2D eigenvalue weighted by Gasteiger charge is 2.20. The molecule has 19 heavy (non-hydrogen) atoms. The van der Waals surface area contributed by atoms with Crippen LogP contribution in [-0.4, -0.2) is 39.9 Å². The third-order valence-electron chi connectivity index (χ3n) is 2.33. The van der Waals surface area contributed by atoms with E-state index >= 15 is 0 Å². The Morgan fingerprint density at radius 1 is 1.53 bits per heavy atom. The lowest BCUT2D eigenvalue weighted by Crippen LogP contribution is -2.29. The summed E-state index contributed by atoms with van der Waals surface area (Å²) in [5, 5.41) is 9.10. The Morgan fingerprint density at radius 2 is 2.21 bits per heavy atom. The van der Waals surface area contributed by atoms with Crippen molar-refractivity contribution in [3.8, 4) is 0 Å². The van der Waals surface area contributed by atoms with Crippen LogP contribution in [0.4, 0.5) is 4.39 Å². The van der Waals surface area contributed by atoms with Gasteiger partial charge >= 0.3 is 0 Å². The number of hydrogen-bond acceptors (Lipinski definition) is 4. The summed E-state index contributed by atoms with van der Waals surface area (Å²) in [6, 6.07) is 3.73. The summed E-state index contributed by atoms with van der Waals surface area (Å²) in [7, 11) is -2.56. The fraction of sp³-hybridized carbons (Fsp3) is 0.455. The number of benzene rings is 1. The molecule has 1 aromatic carbocycles. The van der Waals surface area contributed by atoms with Crippen LogP contribution in [0.2, 0.25) is 5.02 Å². The van der Waals surface area contributed by atoms with E-state index in [0.29, 0.717) is 0 Å².